The van der Waals surface area contributed by atoms with Crippen LogP contribution >= 0.6 is 0 Å². The Hall–Kier alpha value is -0.810. The van der Waals surface area contributed by atoms with Crippen molar-refractivity contribution in [3.8, 4) is 0 Å². The fourth-order valence-corrected chi connectivity index (χ4v) is 2.01. The number of carbonyl (C=O) groups is 1. The molecule has 1 heterocycles. The van der Waals surface area contributed by atoms with Crippen molar-refractivity contribution in [3.05, 3.63) is 0 Å². The van der Waals surface area contributed by atoms with Crippen LogP contribution < -0.4 is 0 Å². The number of carbonyl (C=O) groups excluding carboxylic acids is 1. The molecule has 0 spiro atoms. The second-order valence-corrected chi connectivity index (χ2v) is 5.81. The van der Waals surface area contributed by atoms with Crippen molar-refractivity contribution in [2.45, 2.75) is 44.9 Å². The molecular weight excluding hydrogens is 220 g/mol. The average Bonchev–Trinajstić information content (AvgIpc) is 2.14. The highest BCUT2D eigenvalue weighted by atomic mass is 16.6. The lowest BCUT2D eigenvalue weighted by Crippen LogP contribution is -2.54. The summed E-state index contributed by atoms with van der Waals surface area (Å²) in [4.78, 5) is 15.4. The number of ether oxygens (including phenoxy) is 1. The van der Waals surface area contributed by atoms with E-state index in [-0.39, 0.29) is 12.1 Å². The van der Waals surface area contributed by atoms with E-state index in [0.29, 0.717) is 13.1 Å². The first-order chi connectivity index (χ1) is 7.70. The van der Waals surface area contributed by atoms with Crippen molar-refractivity contribution in [1.82, 2.24) is 9.80 Å². The second-order valence-electron chi connectivity index (χ2n) is 5.81. The number of hydrogen-bond acceptors (Lipinski definition) is 4. The highest BCUT2D eigenvalue weighted by molar-refractivity contribution is 5.68. The van der Waals surface area contributed by atoms with Gasteiger partial charge in [-0.05, 0) is 41.3 Å². The van der Waals surface area contributed by atoms with Gasteiger partial charge in [-0.1, -0.05) is 0 Å². The summed E-state index contributed by atoms with van der Waals surface area (Å²) in [7, 11) is 3.88. The number of amides is 1. The van der Waals surface area contributed by atoms with Crippen LogP contribution in [0.25, 0.3) is 0 Å². The maximum atomic E-state index is 11.8. The molecule has 1 amide bonds. The number of aliphatic hydroxyl groups is 1. The molecule has 0 aromatic carbocycles. The van der Waals surface area contributed by atoms with Gasteiger partial charge in [-0.15, -0.1) is 0 Å². The van der Waals surface area contributed by atoms with Crippen LogP contribution in [0.15, 0.2) is 0 Å². The number of aliphatic hydroxyl groups excluding tert-OH is 1. The van der Waals surface area contributed by atoms with Crippen molar-refractivity contribution in [2.24, 2.45) is 0 Å². The highest BCUT2D eigenvalue weighted by Crippen LogP contribution is 2.18. The van der Waals surface area contributed by atoms with Crippen molar-refractivity contribution in [1.29, 1.82) is 0 Å². The summed E-state index contributed by atoms with van der Waals surface area (Å²) in [6.45, 7) is 6.50. The molecule has 0 saturated carbocycles. The van der Waals surface area contributed by atoms with Gasteiger partial charge in [-0.3, -0.25) is 0 Å². The molecule has 5 nitrogen and oxygen atoms in total. The first kappa shape index (κ1) is 14.3. The Morgan fingerprint density at radius 3 is 2.41 bits per heavy atom. The van der Waals surface area contributed by atoms with Crippen LogP contribution in [0, 0.1) is 0 Å². The molecule has 2 atom stereocenters. The summed E-state index contributed by atoms with van der Waals surface area (Å²) < 4.78 is 5.28. The van der Waals surface area contributed by atoms with Gasteiger partial charge in [0.05, 0.1) is 12.6 Å². The minimum Gasteiger partial charge on any atom is -0.444 e. The van der Waals surface area contributed by atoms with Crippen LogP contribution in [-0.2, 0) is 4.74 Å². The van der Waals surface area contributed by atoms with Gasteiger partial charge in [0.25, 0.3) is 0 Å². The minimum atomic E-state index is -0.508. The first-order valence-electron chi connectivity index (χ1n) is 6.03. The molecule has 1 aliphatic heterocycles. The van der Waals surface area contributed by atoms with Gasteiger partial charge in [0.1, 0.15) is 5.60 Å². The highest BCUT2D eigenvalue weighted by Gasteiger charge is 2.33. The lowest BCUT2D eigenvalue weighted by molar-refractivity contribution is -0.0199. The molecule has 17 heavy (non-hydrogen) atoms. The molecule has 0 aromatic heterocycles. The van der Waals surface area contributed by atoms with E-state index in [9.17, 15) is 9.90 Å². The smallest absolute Gasteiger partial charge is 0.410 e. The van der Waals surface area contributed by atoms with E-state index in [1.54, 1.807) is 4.90 Å². The quantitative estimate of drug-likeness (QED) is 0.745. The van der Waals surface area contributed by atoms with E-state index in [4.69, 9.17) is 4.74 Å². The van der Waals surface area contributed by atoms with Crippen molar-refractivity contribution >= 4 is 6.09 Å². The summed E-state index contributed by atoms with van der Waals surface area (Å²) in [6.07, 6.45) is -0.0760. The fraction of sp³-hybridized carbons (Fsp3) is 0.917. The third-order valence-electron chi connectivity index (χ3n) is 2.86. The molecule has 1 rings (SSSR count). The summed E-state index contributed by atoms with van der Waals surface area (Å²) in [6, 6.07) is 0.119. The van der Waals surface area contributed by atoms with Gasteiger partial charge >= 0.3 is 6.09 Å². The molecule has 1 aliphatic rings. The van der Waals surface area contributed by atoms with E-state index in [1.165, 1.54) is 0 Å². The molecule has 100 valence electrons. The Labute approximate surface area is 103 Å². The molecular formula is C12H24N2O3. The average molecular weight is 244 g/mol. The predicted octanol–water partition coefficient (Wildman–Crippen LogP) is 0.918. The van der Waals surface area contributed by atoms with Gasteiger partial charge in [-0.2, -0.15) is 0 Å². The Morgan fingerprint density at radius 1 is 1.41 bits per heavy atom. The second kappa shape index (κ2) is 5.23. The van der Waals surface area contributed by atoms with E-state index < -0.39 is 11.7 Å². The van der Waals surface area contributed by atoms with E-state index in [2.05, 4.69) is 0 Å². The first-order valence-corrected chi connectivity index (χ1v) is 6.03. The zero-order chi connectivity index (χ0) is 13.2. The van der Waals surface area contributed by atoms with Crippen LogP contribution in [0.5, 0.6) is 0 Å². The third kappa shape index (κ3) is 4.16. The standard InChI is InChI=1S/C12H24N2O3/c1-12(2,3)17-11(16)14-7-6-9(13(4)5)10(15)8-14/h9-10,15H,6-8H2,1-5H3. The molecule has 0 aliphatic carbocycles. The Morgan fingerprint density at radius 2 is 2.00 bits per heavy atom. The van der Waals surface area contributed by atoms with Crippen molar-refractivity contribution < 1.29 is 14.6 Å². The van der Waals surface area contributed by atoms with Crippen molar-refractivity contribution in [3.63, 3.8) is 0 Å². The van der Waals surface area contributed by atoms with Gasteiger partial charge in [0.2, 0.25) is 0 Å². The van der Waals surface area contributed by atoms with Gasteiger partial charge in [0.15, 0.2) is 0 Å². The molecule has 1 fully saturated rings. The van der Waals surface area contributed by atoms with Crippen LogP contribution in [0.1, 0.15) is 27.2 Å². The van der Waals surface area contributed by atoms with E-state index in [1.807, 2.05) is 39.8 Å². The van der Waals surface area contributed by atoms with E-state index >= 15 is 0 Å². The van der Waals surface area contributed by atoms with E-state index in [0.717, 1.165) is 6.42 Å². The number of β-amino-alcohol motifs (C(OH)–C–C–N with tert-alkyl or cyclic N) is 1. The zero-order valence-electron chi connectivity index (χ0n) is 11.4. The molecule has 1 N–H and O–H groups in total. The maximum absolute atomic E-state index is 11.8. The summed E-state index contributed by atoms with van der Waals surface area (Å²) in [5.74, 6) is 0. The van der Waals surface area contributed by atoms with Crippen LogP contribution in [0.4, 0.5) is 4.79 Å². The molecule has 0 radical (unpaired) electrons. The fourth-order valence-electron chi connectivity index (χ4n) is 2.01. The number of rotatable bonds is 1. The summed E-state index contributed by atoms with van der Waals surface area (Å²) in [5.41, 5.74) is -0.486. The normalized spacial score (nSPS) is 26.2. The monoisotopic (exact) mass is 244 g/mol. The number of likely N-dealkylation sites (tertiary alicyclic amines) is 1. The van der Waals surface area contributed by atoms with Crippen LogP contribution in [0.3, 0.4) is 0 Å². The molecule has 2 unspecified atom stereocenters. The zero-order valence-corrected chi connectivity index (χ0v) is 11.4. The van der Waals surface area contributed by atoms with Crippen molar-refractivity contribution in [2.75, 3.05) is 27.2 Å². The summed E-state index contributed by atoms with van der Waals surface area (Å²) in [5, 5.41) is 9.97. The third-order valence-corrected chi connectivity index (χ3v) is 2.86. The number of likely N-dealkylation sites (N-methyl/N-ethyl adjacent to an activating group) is 1. The number of nitrogens with zero attached hydrogens (tertiary/aromatic N) is 2. The Balaban J connectivity index is 2.52. The topological polar surface area (TPSA) is 53.0 Å². The van der Waals surface area contributed by atoms with Gasteiger partial charge < -0.3 is 19.6 Å². The molecule has 0 aromatic rings. The molecule has 5 heteroatoms. The largest absolute Gasteiger partial charge is 0.444 e. The van der Waals surface area contributed by atoms with Gasteiger partial charge in [-0.25, -0.2) is 4.79 Å². The maximum Gasteiger partial charge on any atom is 0.410 e. The molecule has 0 bridgehead atoms. The predicted molar refractivity (Wildman–Crippen MR) is 65.9 cm³/mol. The van der Waals surface area contributed by atoms with Crippen LogP contribution in [0.2, 0.25) is 0 Å². The molecule has 1 saturated heterocycles. The van der Waals surface area contributed by atoms with Crippen LogP contribution in [-0.4, -0.2) is 65.9 Å². The lowest BCUT2D eigenvalue weighted by atomic mass is 10.0. The Bertz CT molecular complexity index is 273. The summed E-state index contributed by atoms with van der Waals surface area (Å²) >= 11 is 0. The number of piperidine rings is 1. The minimum absolute atomic E-state index is 0.119. The lowest BCUT2D eigenvalue weighted by Gasteiger charge is -2.39. The number of hydrogen-bond donors (Lipinski definition) is 1. The van der Waals surface area contributed by atoms with Gasteiger partial charge in [0, 0.05) is 12.6 Å². The SMILES string of the molecule is CN(C)C1CCN(C(=O)OC(C)(C)C)CC1O. The Kier molecular flexibility index (Phi) is 4.38.